The summed E-state index contributed by atoms with van der Waals surface area (Å²) in [6.45, 7) is 5.56. The van der Waals surface area contributed by atoms with Crippen LogP contribution in [0, 0.1) is 20.8 Å². The van der Waals surface area contributed by atoms with Crippen molar-refractivity contribution in [3.63, 3.8) is 0 Å². The average molecular weight is 509 g/mol. The van der Waals surface area contributed by atoms with Crippen molar-refractivity contribution in [2.75, 3.05) is 16.1 Å². The smallest absolute Gasteiger partial charge is 0.320 e. The molecule has 0 aliphatic carbocycles. The summed E-state index contributed by atoms with van der Waals surface area (Å²) in [6.07, 6.45) is 0. The zero-order valence-electron chi connectivity index (χ0n) is 19.2. The van der Waals surface area contributed by atoms with Crippen LogP contribution in [0.1, 0.15) is 27.2 Å². The van der Waals surface area contributed by atoms with E-state index in [0.29, 0.717) is 37.9 Å². The number of aryl methyl sites for hydroxylation is 2. The van der Waals surface area contributed by atoms with Crippen LogP contribution in [0.5, 0.6) is 0 Å². The second-order valence-corrected chi connectivity index (χ2v) is 8.99. The van der Waals surface area contributed by atoms with Crippen LogP contribution in [0.4, 0.5) is 11.4 Å². The van der Waals surface area contributed by atoms with Gasteiger partial charge < -0.3 is 10.6 Å². The van der Waals surface area contributed by atoms with Gasteiger partial charge in [-0.15, -0.1) is 0 Å². The quantitative estimate of drug-likeness (QED) is 0.302. The van der Waals surface area contributed by atoms with Gasteiger partial charge in [0.15, 0.2) is 0 Å². The van der Waals surface area contributed by atoms with Crippen LogP contribution in [-0.4, -0.2) is 22.4 Å². The predicted molar refractivity (Wildman–Crippen MR) is 140 cm³/mol. The number of aromatic nitrogens is 1. The summed E-state index contributed by atoms with van der Waals surface area (Å²) in [7, 11) is 0. The van der Waals surface area contributed by atoms with E-state index < -0.39 is 17.7 Å². The van der Waals surface area contributed by atoms with E-state index in [9.17, 15) is 14.4 Å². The van der Waals surface area contributed by atoms with Crippen LogP contribution < -0.4 is 16.1 Å². The summed E-state index contributed by atoms with van der Waals surface area (Å²) in [6, 6.07) is 17.2. The molecule has 7 nitrogen and oxygen atoms in total. The molecule has 0 aliphatic heterocycles. The topological polar surface area (TPSA) is 92.2 Å². The normalized spacial score (nSPS) is 10.8. The van der Waals surface area contributed by atoms with E-state index in [4.69, 9.17) is 23.2 Å². The molecule has 0 saturated heterocycles. The second kappa shape index (κ2) is 9.82. The highest BCUT2D eigenvalue weighted by Crippen LogP contribution is 2.26. The summed E-state index contributed by atoms with van der Waals surface area (Å²) in [4.78, 5) is 38.7. The third-order valence-electron chi connectivity index (χ3n) is 5.56. The fraction of sp³-hybridized carbons (Fsp3) is 0.115. The van der Waals surface area contributed by atoms with Gasteiger partial charge in [0, 0.05) is 26.8 Å². The first kappa shape index (κ1) is 24.3. The molecular formula is C26H22Cl2N4O3. The van der Waals surface area contributed by atoms with Gasteiger partial charge in [0.2, 0.25) is 0 Å². The maximum absolute atomic E-state index is 13.2. The van der Waals surface area contributed by atoms with Crippen LogP contribution in [0.25, 0.3) is 10.9 Å². The van der Waals surface area contributed by atoms with Crippen LogP contribution >= 0.6 is 23.2 Å². The second-order valence-electron chi connectivity index (χ2n) is 8.15. The van der Waals surface area contributed by atoms with Gasteiger partial charge in [-0.05, 0) is 74.4 Å². The highest BCUT2D eigenvalue weighted by molar-refractivity contribution is 6.42. The SMILES string of the molecule is Cc1ccc(NC(=O)C(=O)Nn2c(C(=O)Nc3cccc(Cl)c3C)cc3cc(Cl)ccc32)c(C)c1. The Hall–Kier alpha value is -3.81. The molecule has 0 radical (unpaired) electrons. The van der Waals surface area contributed by atoms with E-state index in [2.05, 4.69) is 16.1 Å². The van der Waals surface area contributed by atoms with Crippen molar-refractivity contribution in [2.45, 2.75) is 20.8 Å². The van der Waals surface area contributed by atoms with E-state index >= 15 is 0 Å². The first-order chi connectivity index (χ1) is 16.6. The number of nitrogens with one attached hydrogen (secondary N) is 3. The Bertz CT molecular complexity index is 1490. The molecule has 0 aliphatic rings. The summed E-state index contributed by atoms with van der Waals surface area (Å²) >= 11 is 12.3. The minimum Gasteiger partial charge on any atom is -0.320 e. The number of nitrogens with zero attached hydrogens (tertiary/aromatic N) is 1. The van der Waals surface area contributed by atoms with Gasteiger partial charge in [-0.3, -0.25) is 19.8 Å². The molecule has 0 saturated carbocycles. The summed E-state index contributed by atoms with van der Waals surface area (Å²) < 4.78 is 1.27. The highest BCUT2D eigenvalue weighted by atomic mass is 35.5. The molecule has 4 aromatic rings. The van der Waals surface area contributed by atoms with Crippen molar-refractivity contribution >= 4 is 63.2 Å². The van der Waals surface area contributed by atoms with Crippen molar-refractivity contribution in [1.82, 2.24) is 4.68 Å². The Labute approximate surface area is 212 Å². The van der Waals surface area contributed by atoms with Crippen molar-refractivity contribution < 1.29 is 14.4 Å². The Balaban J connectivity index is 1.65. The van der Waals surface area contributed by atoms with E-state index in [1.54, 1.807) is 55.5 Å². The molecule has 3 aromatic carbocycles. The number of rotatable bonds is 4. The molecule has 0 unspecified atom stereocenters. The fourth-order valence-corrected chi connectivity index (χ4v) is 4.04. The number of carbonyl (C=O) groups excluding carboxylic acids is 3. The molecule has 3 N–H and O–H groups in total. The predicted octanol–water partition coefficient (Wildman–Crippen LogP) is 5.83. The van der Waals surface area contributed by atoms with Gasteiger partial charge in [0.1, 0.15) is 5.69 Å². The molecule has 0 atom stereocenters. The molecule has 3 amide bonds. The van der Waals surface area contributed by atoms with Crippen molar-refractivity contribution in [1.29, 1.82) is 0 Å². The van der Waals surface area contributed by atoms with Gasteiger partial charge in [-0.25, -0.2) is 4.68 Å². The number of fused-ring (bicyclic) bond motifs is 1. The van der Waals surface area contributed by atoms with E-state index in [1.807, 2.05) is 26.0 Å². The van der Waals surface area contributed by atoms with Crippen LogP contribution in [-0.2, 0) is 9.59 Å². The number of hydrogen-bond donors (Lipinski definition) is 3. The minimum atomic E-state index is -0.939. The van der Waals surface area contributed by atoms with Gasteiger partial charge in [0.25, 0.3) is 5.91 Å². The standard InChI is InChI=1S/C26H22Cl2N4O3/c1-14-7-9-20(15(2)11-14)29-25(34)26(35)31-32-22-10-8-18(27)12-17(22)13-23(32)24(33)30-21-6-4-5-19(28)16(21)3/h4-13H,1-3H3,(H,29,34)(H,30,33)(H,31,35). The zero-order valence-corrected chi connectivity index (χ0v) is 20.7. The van der Waals surface area contributed by atoms with E-state index in [1.165, 1.54) is 4.68 Å². The number of carbonyl (C=O) groups is 3. The Morgan fingerprint density at radius 2 is 1.57 bits per heavy atom. The Kier molecular flexibility index (Phi) is 6.82. The maximum Gasteiger partial charge on any atom is 0.328 e. The number of halogens is 2. The Morgan fingerprint density at radius 1 is 0.800 bits per heavy atom. The lowest BCUT2D eigenvalue weighted by atomic mass is 10.1. The largest absolute Gasteiger partial charge is 0.328 e. The lowest BCUT2D eigenvalue weighted by molar-refractivity contribution is -0.133. The number of amides is 3. The van der Waals surface area contributed by atoms with E-state index in [0.717, 1.165) is 11.1 Å². The molecular weight excluding hydrogens is 487 g/mol. The minimum absolute atomic E-state index is 0.106. The van der Waals surface area contributed by atoms with Crippen molar-refractivity contribution in [3.05, 3.63) is 93.1 Å². The van der Waals surface area contributed by atoms with Crippen LogP contribution in [0.3, 0.4) is 0 Å². The summed E-state index contributed by atoms with van der Waals surface area (Å²) in [5.41, 5.74) is 6.74. The van der Waals surface area contributed by atoms with Crippen LogP contribution in [0.15, 0.2) is 60.7 Å². The lowest BCUT2D eigenvalue weighted by Crippen LogP contribution is -2.36. The Morgan fingerprint density at radius 3 is 2.31 bits per heavy atom. The molecule has 0 fully saturated rings. The molecule has 4 rings (SSSR count). The fourth-order valence-electron chi connectivity index (χ4n) is 3.69. The number of anilines is 2. The summed E-state index contributed by atoms with van der Waals surface area (Å²) in [5, 5.41) is 7.00. The summed E-state index contributed by atoms with van der Waals surface area (Å²) in [5.74, 6) is -2.31. The number of hydrogen-bond acceptors (Lipinski definition) is 3. The van der Waals surface area contributed by atoms with E-state index in [-0.39, 0.29) is 5.69 Å². The molecule has 9 heteroatoms. The van der Waals surface area contributed by atoms with Gasteiger partial charge in [-0.2, -0.15) is 0 Å². The third kappa shape index (κ3) is 5.16. The maximum atomic E-state index is 13.2. The molecule has 35 heavy (non-hydrogen) atoms. The molecule has 1 heterocycles. The first-order valence-electron chi connectivity index (χ1n) is 10.7. The molecule has 0 spiro atoms. The average Bonchev–Trinajstić information content (AvgIpc) is 3.16. The zero-order chi connectivity index (χ0) is 25.3. The van der Waals surface area contributed by atoms with Crippen molar-refractivity contribution in [2.24, 2.45) is 0 Å². The van der Waals surface area contributed by atoms with Gasteiger partial charge in [-0.1, -0.05) is 47.0 Å². The molecule has 1 aromatic heterocycles. The molecule has 178 valence electrons. The lowest BCUT2D eigenvalue weighted by Gasteiger charge is -2.14. The monoisotopic (exact) mass is 508 g/mol. The molecule has 0 bridgehead atoms. The van der Waals surface area contributed by atoms with Gasteiger partial charge in [0.05, 0.1) is 5.52 Å². The third-order valence-corrected chi connectivity index (χ3v) is 6.21. The van der Waals surface area contributed by atoms with Crippen LogP contribution in [0.2, 0.25) is 10.0 Å². The number of benzene rings is 3. The van der Waals surface area contributed by atoms with Crippen molar-refractivity contribution in [3.8, 4) is 0 Å². The van der Waals surface area contributed by atoms with Gasteiger partial charge >= 0.3 is 11.8 Å². The highest BCUT2D eigenvalue weighted by Gasteiger charge is 2.22. The first-order valence-corrected chi connectivity index (χ1v) is 11.5.